The topological polar surface area (TPSA) is 80.0 Å². The average Bonchev–Trinajstić information content (AvgIpc) is 3.47. The highest BCUT2D eigenvalue weighted by Crippen LogP contribution is 2.34. The van der Waals surface area contributed by atoms with E-state index in [1.165, 1.54) is 0 Å². The van der Waals surface area contributed by atoms with Gasteiger partial charge >= 0.3 is 0 Å². The van der Waals surface area contributed by atoms with Crippen LogP contribution in [0.25, 0.3) is 22.0 Å². The second-order valence-corrected chi connectivity index (χ2v) is 10.9. The summed E-state index contributed by atoms with van der Waals surface area (Å²) in [5.41, 5.74) is 3.26. The lowest BCUT2D eigenvalue weighted by Gasteiger charge is -2.25. The van der Waals surface area contributed by atoms with Crippen molar-refractivity contribution in [2.45, 2.75) is 31.7 Å². The highest BCUT2D eigenvalue weighted by molar-refractivity contribution is 6.15. The molecule has 2 aliphatic heterocycles. The van der Waals surface area contributed by atoms with Crippen LogP contribution >= 0.6 is 0 Å². The first-order valence-corrected chi connectivity index (χ1v) is 13.1. The first-order chi connectivity index (χ1) is 17.9. The second-order valence-electron chi connectivity index (χ2n) is 10.9. The molecule has 3 heterocycles. The van der Waals surface area contributed by atoms with Gasteiger partial charge < -0.3 is 9.64 Å². The summed E-state index contributed by atoms with van der Waals surface area (Å²) in [6, 6.07) is 14.6. The number of benzene rings is 2. The van der Waals surface area contributed by atoms with Gasteiger partial charge in [-0.15, -0.1) is 0 Å². The molecule has 0 radical (unpaired) electrons. The number of hydrogen-bond donors (Lipinski definition) is 0. The van der Waals surface area contributed by atoms with Gasteiger partial charge in [0.05, 0.1) is 18.3 Å². The smallest absolute Gasteiger partial charge is 0.258 e. The second kappa shape index (κ2) is 9.10. The van der Waals surface area contributed by atoms with Gasteiger partial charge in [-0.25, -0.2) is 4.99 Å². The molecule has 0 bridgehead atoms. The molecule has 3 aliphatic rings. The monoisotopic (exact) mass is 499 g/mol. The summed E-state index contributed by atoms with van der Waals surface area (Å²) in [7, 11) is 3.54. The number of methoxy groups -OCH3 is 1. The molecule has 2 fully saturated rings. The molecule has 1 saturated carbocycles. The van der Waals surface area contributed by atoms with Crippen LogP contribution in [0.4, 0.5) is 0 Å². The van der Waals surface area contributed by atoms with E-state index in [0.717, 1.165) is 53.4 Å². The zero-order valence-electron chi connectivity index (χ0n) is 21.7. The van der Waals surface area contributed by atoms with E-state index in [1.807, 2.05) is 46.8 Å². The Morgan fingerprint density at radius 3 is 2.54 bits per heavy atom. The third kappa shape index (κ3) is 4.33. The lowest BCUT2D eigenvalue weighted by molar-refractivity contribution is -0.132. The lowest BCUT2D eigenvalue weighted by Crippen LogP contribution is -2.45. The van der Waals surface area contributed by atoms with Crippen molar-refractivity contribution in [1.29, 1.82) is 0 Å². The van der Waals surface area contributed by atoms with E-state index in [2.05, 4.69) is 35.4 Å². The van der Waals surface area contributed by atoms with Crippen molar-refractivity contribution in [2.24, 2.45) is 23.9 Å². The van der Waals surface area contributed by atoms with E-state index in [-0.39, 0.29) is 30.3 Å². The minimum atomic E-state index is -0.948. The molecule has 0 spiro atoms. The van der Waals surface area contributed by atoms with Crippen LogP contribution in [-0.2, 0) is 21.4 Å². The summed E-state index contributed by atoms with van der Waals surface area (Å²) in [5, 5.41) is 5.44. The van der Waals surface area contributed by atoms with Gasteiger partial charge in [0.15, 0.2) is 5.54 Å². The van der Waals surface area contributed by atoms with E-state index in [0.29, 0.717) is 18.9 Å². The summed E-state index contributed by atoms with van der Waals surface area (Å²) in [4.78, 5) is 34.8. The van der Waals surface area contributed by atoms with Crippen LogP contribution in [0.5, 0.6) is 0 Å². The van der Waals surface area contributed by atoms with Gasteiger partial charge in [0.1, 0.15) is 5.84 Å². The third-order valence-corrected chi connectivity index (χ3v) is 7.93. The molecule has 2 aromatic carbocycles. The van der Waals surface area contributed by atoms with E-state index >= 15 is 0 Å². The minimum Gasteiger partial charge on any atom is -0.382 e. The molecule has 2 amide bonds. The fraction of sp³-hybridized carbons (Fsp3) is 0.448. The van der Waals surface area contributed by atoms with Gasteiger partial charge in [0.25, 0.3) is 5.91 Å². The van der Waals surface area contributed by atoms with Crippen LogP contribution in [-0.4, -0.2) is 76.1 Å². The van der Waals surface area contributed by atoms with Gasteiger partial charge in [0, 0.05) is 50.7 Å². The quantitative estimate of drug-likeness (QED) is 0.499. The Kier molecular flexibility index (Phi) is 5.87. The van der Waals surface area contributed by atoms with Crippen LogP contribution in [0.3, 0.4) is 0 Å². The number of ether oxygens (including phenoxy) is 1. The molecule has 1 saturated heterocycles. The molecule has 3 aromatic rings. The molecule has 1 aliphatic carbocycles. The Labute approximate surface area is 216 Å². The van der Waals surface area contributed by atoms with Gasteiger partial charge in [0.2, 0.25) is 5.91 Å². The number of aromatic nitrogens is 2. The number of hydrogen-bond acceptors (Lipinski definition) is 5. The van der Waals surface area contributed by atoms with Crippen molar-refractivity contribution in [2.75, 3.05) is 33.4 Å². The number of aliphatic imine (C=N–C) groups is 1. The maximum Gasteiger partial charge on any atom is 0.258 e. The summed E-state index contributed by atoms with van der Waals surface area (Å²) >= 11 is 0. The molecule has 1 aromatic heterocycles. The molecule has 8 nitrogen and oxygen atoms in total. The predicted molar refractivity (Wildman–Crippen MR) is 142 cm³/mol. The summed E-state index contributed by atoms with van der Waals surface area (Å²) < 4.78 is 7.25. The van der Waals surface area contributed by atoms with E-state index < -0.39 is 5.54 Å². The zero-order valence-corrected chi connectivity index (χ0v) is 21.7. The number of rotatable bonds is 7. The third-order valence-electron chi connectivity index (χ3n) is 7.93. The molecule has 1 unspecified atom stereocenters. The number of carbonyl (C=O) groups is 2. The number of fused-ring (bicyclic) bond motifs is 1. The van der Waals surface area contributed by atoms with Crippen LogP contribution < -0.4 is 0 Å². The Bertz CT molecular complexity index is 1390. The molecular formula is C29H33N5O3. The Balaban J connectivity index is 1.25. The number of likely N-dealkylation sites (tertiary alicyclic amines) is 1. The molecular weight excluding hydrogens is 466 g/mol. The maximum atomic E-state index is 13.6. The first-order valence-electron chi connectivity index (χ1n) is 13.1. The van der Waals surface area contributed by atoms with E-state index in [4.69, 9.17) is 9.73 Å². The van der Waals surface area contributed by atoms with Crippen LogP contribution in [0.2, 0.25) is 0 Å². The largest absolute Gasteiger partial charge is 0.382 e. The van der Waals surface area contributed by atoms with Crippen LogP contribution in [0.15, 0.2) is 53.7 Å². The maximum absolute atomic E-state index is 13.6. The van der Waals surface area contributed by atoms with Crippen LogP contribution in [0, 0.1) is 11.8 Å². The fourth-order valence-electron chi connectivity index (χ4n) is 5.68. The number of carbonyl (C=O) groups excluding carboxylic acids is 2. The zero-order chi connectivity index (χ0) is 25.7. The molecule has 192 valence electrons. The number of amidine groups is 1. The van der Waals surface area contributed by atoms with Gasteiger partial charge in [-0.05, 0) is 55.4 Å². The average molecular weight is 500 g/mol. The Hall–Kier alpha value is -3.52. The fourth-order valence-corrected chi connectivity index (χ4v) is 5.68. The molecule has 0 N–H and O–H groups in total. The van der Waals surface area contributed by atoms with Crippen molar-refractivity contribution in [3.05, 3.63) is 54.2 Å². The van der Waals surface area contributed by atoms with Crippen molar-refractivity contribution in [3.8, 4) is 11.1 Å². The SMILES string of the molecule is COCC1(C)N=C(c2ccc(-c3ccc4c(cnn4C)c3)cc2)N(C[C@@H]2CCN(C(=O)C3CC3)C2)C1=O. The summed E-state index contributed by atoms with van der Waals surface area (Å²) in [6.07, 6.45) is 4.82. The lowest BCUT2D eigenvalue weighted by atomic mass is 10.0. The number of amides is 2. The van der Waals surface area contributed by atoms with Gasteiger partial charge in [-0.3, -0.25) is 19.2 Å². The standard InChI is InChI=1S/C29H33N5O3/c1-29(18-37-3)28(36)34(17-19-12-13-33(16-19)27(35)22-8-9-22)26(31-29)21-6-4-20(5-7-21)23-10-11-25-24(14-23)15-30-32(25)2/h4-7,10-11,14-15,19,22H,8-9,12-13,16-18H2,1-3H3/t19-,29?/m1/s1. The number of aryl methyl sites for hydroxylation is 1. The van der Waals surface area contributed by atoms with E-state index in [1.54, 1.807) is 7.11 Å². The molecule has 37 heavy (non-hydrogen) atoms. The molecule has 6 rings (SSSR count). The van der Waals surface area contributed by atoms with Crippen molar-refractivity contribution in [3.63, 3.8) is 0 Å². The Morgan fingerprint density at radius 1 is 1.08 bits per heavy atom. The van der Waals surface area contributed by atoms with Crippen molar-refractivity contribution >= 4 is 28.6 Å². The first kappa shape index (κ1) is 23.9. The van der Waals surface area contributed by atoms with Gasteiger partial charge in [-0.1, -0.05) is 30.3 Å². The summed E-state index contributed by atoms with van der Waals surface area (Å²) in [6.45, 7) is 4.12. The van der Waals surface area contributed by atoms with Crippen molar-refractivity contribution in [1.82, 2.24) is 19.6 Å². The normalized spacial score (nSPS) is 23.8. The Morgan fingerprint density at radius 2 is 1.81 bits per heavy atom. The molecule has 8 heteroatoms. The van der Waals surface area contributed by atoms with E-state index in [9.17, 15) is 9.59 Å². The number of nitrogens with zero attached hydrogens (tertiary/aromatic N) is 5. The van der Waals surface area contributed by atoms with Gasteiger partial charge in [-0.2, -0.15) is 5.10 Å². The van der Waals surface area contributed by atoms with Crippen LogP contribution in [0.1, 0.15) is 31.7 Å². The van der Waals surface area contributed by atoms with Crippen molar-refractivity contribution < 1.29 is 14.3 Å². The summed E-state index contributed by atoms with van der Waals surface area (Å²) in [5.74, 6) is 1.40. The predicted octanol–water partition coefficient (Wildman–Crippen LogP) is 3.49. The molecule has 2 atom stereocenters. The highest BCUT2D eigenvalue weighted by atomic mass is 16.5. The highest BCUT2D eigenvalue weighted by Gasteiger charge is 2.46. The minimum absolute atomic E-state index is 0.0394.